The normalized spacial score (nSPS) is 10.7. The fraction of sp³-hybridized carbons (Fsp3) is 0.250. The van der Waals surface area contributed by atoms with Crippen LogP contribution in [0.5, 0.6) is 5.88 Å². The van der Waals surface area contributed by atoms with E-state index in [-0.39, 0.29) is 17.2 Å². The molecule has 2 rings (SSSR count). The third kappa shape index (κ3) is 1.37. The van der Waals surface area contributed by atoms with Gasteiger partial charge in [0.15, 0.2) is 0 Å². The summed E-state index contributed by atoms with van der Waals surface area (Å²) in [7, 11) is 0. The Balaban J connectivity index is 2.78. The van der Waals surface area contributed by atoms with Crippen LogP contribution in [-0.4, -0.2) is 24.6 Å². The number of aromatic nitrogens is 3. The molecule has 0 saturated carbocycles. The van der Waals surface area contributed by atoms with Crippen molar-refractivity contribution in [1.29, 1.82) is 0 Å². The second-order valence-electron chi connectivity index (χ2n) is 2.98. The van der Waals surface area contributed by atoms with Gasteiger partial charge in [0.25, 0.3) is 0 Å². The van der Waals surface area contributed by atoms with Crippen molar-refractivity contribution in [3.05, 3.63) is 28.1 Å². The summed E-state index contributed by atoms with van der Waals surface area (Å²) in [5, 5.41) is 23.8. The van der Waals surface area contributed by atoms with E-state index in [0.717, 1.165) is 10.7 Å². The van der Waals surface area contributed by atoms with Gasteiger partial charge in [-0.25, -0.2) is 4.98 Å². The first-order valence-electron chi connectivity index (χ1n) is 4.34. The molecule has 0 aliphatic carbocycles. The minimum absolute atomic E-state index is 0.0665. The average molecular weight is 208 g/mol. The number of hydrogen-bond acceptors (Lipinski definition) is 5. The van der Waals surface area contributed by atoms with Crippen LogP contribution in [0.1, 0.15) is 12.6 Å². The summed E-state index contributed by atoms with van der Waals surface area (Å²) in [6.07, 6.45) is 1.66. The standard InChI is InChI=1S/C8H8N4O3/c1-2-5-3-7(13)11-8(10-5)6(4-9-11)12(14)15/h3-4,13H,2H2,1H3. The summed E-state index contributed by atoms with van der Waals surface area (Å²) in [5.74, 6) is -0.148. The van der Waals surface area contributed by atoms with Crippen LogP contribution < -0.4 is 0 Å². The van der Waals surface area contributed by atoms with Gasteiger partial charge >= 0.3 is 5.69 Å². The Bertz CT molecular complexity index is 534. The van der Waals surface area contributed by atoms with E-state index >= 15 is 0 Å². The zero-order valence-electron chi connectivity index (χ0n) is 7.91. The molecule has 0 unspecified atom stereocenters. The summed E-state index contributed by atoms with van der Waals surface area (Å²) in [6.45, 7) is 1.85. The third-order valence-electron chi connectivity index (χ3n) is 2.05. The van der Waals surface area contributed by atoms with Crippen molar-refractivity contribution in [1.82, 2.24) is 14.6 Å². The van der Waals surface area contributed by atoms with E-state index in [4.69, 9.17) is 0 Å². The molecule has 2 aromatic rings. The molecule has 0 atom stereocenters. The average Bonchev–Trinajstić information content (AvgIpc) is 2.61. The van der Waals surface area contributed by atoms with Crippen molar-refractivity contribution in [2.24, 2.45) is 0 Å². The molecular formula is C8H8N4O3. The molecule has 15 heavy (non-hydrogen) atoms. The lowest BCUT2D eigenvalue weighted by Crippen LogP contribution is -1.97. The summed E-state index contributed by atoms with van der Waals surface area (Å²) in [6, 6.07) is 1.43. The van der Waals surface area contributed by atoms with E-state index in [1.54, 1.807) is 0 Å². The number of nitrogens with zero attached hydrogens (tertiary/aromatic N) is 4. The molecule has 0 saturated heterocycles. The number of aryl methyl sites for hydroxylation is 1. The smallest absolute Gasteiger partial charge is 0.333 e. The quantitative estimate of drug-likeness (QED) is 0.584. The van der Waals surface area contributed by atoms with Crippen molar-refractivity contribution in [2.75, 3.05) is 0 Å². The van der Waals surface area contributed by atoms with Gasteiger partial charge in [-0.15, -0.1) is 0 Å². The van der Waals surface area contributed by atoms with Crippen molar-refractivity contribution in [3.63, 3.8) is 0 Å². The minimum atomic E-state index is -0.575. The highest BCUT2D eigenvalue weighted by molar-refractivity contribution is 5.59. The highest BCUT2D eigenvalue weighted by Crippen LogP contribution is 2.21. The van der Waals surface area contributed by atoms with E-state index in [9.17, 15) is 15.2 Å². The second-order valence-corrected chi connectivity index (χ2v) is 2.98. The SMILES string of the molecule is CCc1cc(O)n2ncc([N+](=O)[O-])c2n1. The second kappa shape index (κ2) is 3.19. The van der Waals surface area contributed by atoms with Gasteiger partial charge in [0, 0.05) is 11.8 Å². The summed E-state index contributed by atoms with van der Waals surface area (Å²) < 4.78 is 1.04. The van der Waals surface area contributed by atoms with Gasteiger partial charge in [0.2, 0.25) is 11.5 Å². The van der Waals surface area contributed by atoms with Crippen molar-refractivity contribution < 1.29 is 10.0 Å². The molecule has 2 aromatic heterocycles. The van der Waals surface area contributed by atoms with E-state index in [2.05, 4.69) is 10.1 Å². The molecule has 0 fully saturated rings. The number of rotatable bonds is 2. The first-order chi connectivity index (χ1) is 7.13. The predicted octanol–water partition coefficient (Wildman–Crippen LogP) is 0.905. The van der Waals surface area contributed by atoms with Crippen LogP contribution in [0.25, 0.3) is 5.65 Å². The Morgan fingerprint density at radius 2 is 2.40 bits per heavy atom. The zero-order valence-corrected chi connectivity index (χ0v) is 7.91. The van der Waals surface area contributed by atoms with Crippen LogP contribution in [0.4, 0.5) is 5.69 Å². The molecule has 0 spiro atoms. The molecular weight excluding hydrogens is 200 g/mol. The first-order valence-corrected chi connectivity index (χ1v) is 4.34. The van der Waals surface area contributed by atoms with Gasteiger partial charge in [-0.05, 0) is 6.42 Å². The molecule has 78 valence electrons. The largest absolute Gasteiger partial charge is 0.493 e. The molecule has 0 radical (unpaired) electrons. The highest BCUT2D eigenvalue weighted by Gasteiger charge is 2.18. The Labute approximate surface area is 84.1 Å². The molecule has 1 N–H and O–H groups in total. The van der Waals surface area contributed by atoms with Gasteiger partial charge in [-0.1, -0.05) is 6.92 Å². The fourth-order valence-corrected chi connectivity index (χ4v) is 1.29. The first kappa shape index (κ1) is 9.38. The maximum atomic E-state index is 10.6. The lowest BCUT2D eigenvalue weighted by Gasteiger charge is -1.99. The Morgan fingerprint density at radius 3 is 3.00 bits per heavy atom. The molecule has 0 bridgehead atoms. The van der Waals surface area contributed by atoms with E-state index in [1.807, 2.05) is 6.92 Å². The zero-order chi connectivity index (χ0) is 11.0. The van der Waals surface area contributed by atoms with E-state index < -0.39 is 4.92 Å². The van der Waals surface area contributed by atoms with Crippen molar-refractivity contribution in [2.45, 2.75) is 13.3 Å². The van der Waals surface area contributed by atoms with E-state index in [0.29, 0.717) is 12.1 Å². The fourth-order valence-electron chi connectivity index (χ4n) is 1.29. The lowest BCUT2D eigenvalue weighted by atomic mass is 10.3. The van der Waals surface area contributed by atoms with Crippen LogP contribution in [0, 0.1) is 10.1 Å². The third-order valence-corrected chi connectivity index (χ3v) is 2.05. The predicted molar refractivity (Wildman–Crippen MR) is 50.7 cm³/mol. The van der Waals surface area contributed by atoms with Crippen molar-refractivity contribution >= 4 is 11.3 Å². The van der Waals surface area contributed by atoms with E-state index in [1.165, 1.54) is 6.07 Å². The Morgan fingerprint density at radius 1 is 1.67 bits per heavy atom. The van der Waals surface area contributed by atoms with Gasteiger partial charge < -0.3 is 5.11 Å². The summed E-state index contributed by atoms with van der Waals surface area (Å²) >= 11 is 0. The summed E-state index contributed by atoms with van der Waals surface area (Å²) in [5.41, 5.74) is 0.445. The van der Waals surface area contributed by atoms with Gasteiger partial charge in [-0.2, -0.15) is 9.61 Å². The number of nitro groups is 1. The van der Waals surface area contributed by atoms with Crippen molar-refractivity contribution in [3.8, 4) is 5.88 Å². The molecule has 7 heteroatoms. The number of fused-ring (bicyclic) bond motifs is 1. The van der Waals surface area contributed by atoms with Crippen LogP contribution >= 0.6 is 0 Å². The molecule has 0 aliphatic heterocycles. The minimum Gasteiger partial charge on any atom is -0.493 e. The molecule has 2 heterocycles. The van der Waals surface area contributed by atoms with Crippen LogP contribution in [0.2, 0.25) is 0 Å². The molecule has 0 aliphatic rings. The monoisotopic (exact) mass is 208 g/mol. The summed E-state index contributed by atoms with van der Waals surface area (Å²) in [4.78, 5) is 14.1. The molecule has 0 amide bonds. The van der Waals surface area contributed by atoms with Gasteiger partial charge in [-0.3, -0.25) is 10.1 Å². The van der Waals surface area contributed by atoms with Crippen LogP contribution in [0.15, 0.2) is 12.3 Å². The molecule has 7 nitrogen and oxygen atoms in total. The number of hydrogen-bond donors (Lipinski definition) is 1. The Hall–Kier alpha value is -2.18. The molecule has 0 aromatic carbocycles. The lowest BCUT2D eigenvalue weighted by molar-refractivity contribution is -0.383. The van der Waals surface area contributed by atoms with Crippen LogP contribution in [0.3, 0.4) is 0 Å². The van der Waals surface area contributed by atoms with Gasteiger partial charge in [0.05, 0.1) is 4.92 Å². The maximum Gasteiger partial charge on any atom is 0.333 e. The Kier molecular flexibility index (Phi) is 2.00. The van der Waals surface area contributed by atoms with Crippen LogP contribution in [-0.2, 0) is 6.42 Å². The van der Waals surface area contributed by atoms with Gasteiger partial charge in [0.1, 0.15) is 6.20 Å². The number of aromatic hydroxyl groups is 1. The topological polar surface area (TPSA) is 93.6 Å². The highest BCUT2D eigenvalue weighted by atomic mass is 16.6. The maximum absolute atomic E-state index is 10.6.